The van der Waals surface area contributed by atoms with Gasteiger partial charge in [-0.1, -0.05) is 30.3 Å². The van der Waals surface area contributed by atoms with Crippen molar-refractivity contribution in [2.45, 2.75) is 0 Å². The van der Waals surface area contributed by atoms with Gasteiger partial charge in [0.05, 0.1) is 11.4 Å². The van der Waals surface area contributed by atoms with Crippen LogP contribution in [0.2, 0.25) is 0 Å². The third-order valence-electron chi connectivity index (χ3n) is 3.75. The Hall–Kier alpha value is -2.98. The lowest BCUT2D eigenvalue weighted by molar-refractivity contribution is 0.475. The highest BCUT2D eigenvalue weighted by atomic mass is 32.1. The molecule has 2 aromatic heterocycles. The van der Waals surface area contributed by atoms with Crippen LogP contribution in [-0.4, -0.2) is 15.1 Å². The molecule has 116 valence electrons. The fraction of sp³-hybridized carbons (Fsp3) is 0. The minimum absolute atomic E-state index is 0.256. The third kappa shape index (κ3) is 2.92. The van der Waals surface area contributed by atoms with Gasteiger partial charge in [-0.05, 0) is 47.5 Å². The van der Waals surface area contributed by atoms with Gasteiger partial charge in [-0.2, -0.15) is 0 Å². The molecule has 4 heteroatoms. The highest BCUT2D eigenvalue weighted by molar-refractivity contribution is 7.13. The lowest BCUT2D eigenvalue weighted by Gasteiger charge is -2.03. The molecule has 0 saturated heterocycles. The summed E-state index contributed by atoms with van der Waals surface area (Å²) >= 11 is 1.57. The van der Waals surface area contributed by atoms with E-state index < -0.39 is 0 Å². The summed E-state index contributed by atoms with van der Waals surface area (Å²) in [5.41, 5.74) is 5.03. The van der Waals surface area contributed by atoms with Crippen LogP contribution in [0.1, 0.15) is 0 Å². The Bertz CT molecular complexity index is 962. The first-order valence-electron chi connectivity index (χ1n) is 7.56. The second-order valence-electron chi connectivity index (χ2n) is 5.38. The molecule has 0 spiro atoms. The maximum atomic E-state index is 9.40. The second kappa shape index (κ2) is 6.26. The normalized spacial score (nSPS) is 10.7. The number of thiazole rings is 1. The summed E-state index contributed by atoms with van der Waals surface area (Å²) in [4.78, 5) is 9.15. The molecule has 0 atom stereocenters. The number of pyridine rings is 1. The van der Waals surface area contributed by atoms with Gasteiger partial charge in [0.15, 0.2) is 0 Å². The SMILES string of the molecule is Oc1ccc(-c2csc(-c3cc(-c4ccccc4)ccn3)n2)cc1. The maximum Gasteiger partial charge on any atom is 0.142 e. The van der Waals surface area contributed by atoms with E-state index in [2.05, 4.69) is 28.2 Å². The van der Waals surface area contributed by atoms with E-state index in [0.717, 1.165) is 33.1 Å². The summed E-state index contributed by atoms with van der Waals surface area (Å²) in [7, 11) is 0. The van der Waals surface area contributed by atoms with Crippen LogP contribution in [0.25, 0.3) is 33.1 Å². The molecule has 4 rings (SSSR count). The van der Waals surface area contributed by atoms with Gasteiger partial charge < -0.3 is 5.11 Å². The van der Waals surface area contributed by atoms with Crippen molar-refractivity contribution in [1.29, 1.82) is 0 Å². The zero-order chi connectivity index (χ0) is 16.4. The number of rotatable bonds is 3. The molecule has 0 unspecified atom stereocenters. The summed E-state index contributed by atoms with van der Waals surface area (Å²) < 4.78 is 0. The van der Waals surface area contributed by atoms with Crippen LogP contribution >= 0.6 is 11.3 Å². The number of benzene rings is 2. The predicted octanol–water partition coefficient (Wildman–Crippen LogP) is 5.24. The third-order valence-corrected chi connectivity index (χ3v) is 4.62. The monoisotopic (exact) mass is 330 g/mol. The number of phenolic OH excluding ortho intramolecular Hbond substituents is 1. The quantitative estimate of drug-likeness (QED) is 0.558. The average molecular weight is 330 g/mol. The Kier molecular flexibility index (Phi) is 3.81. The first-order chi connectivity index (χ1) is 11.8. The summed E-state index contributed by atoms with van der Waals surface area (Å²) in [5, 5.41) is 12.3. The average Bonchev–Trinajstić information content (AvgIpc) is 3.13. The summed E-state index contributed by atoms with van der Waals surface area (Å²) in [5.74, 6) is 0.256. The highest BCUT2D eigenvalue weighted by Gasteiger charge is 2.09. The molecule has 3 nitrogen and oxygen atoms in total. The van der Waals surface area contributed by atoms with Gasteiger partial charge in [-0.25, -0.2) is 4.98 Å². The first kappa shape index (κ1) is 14.6. The molecule has 0 radical (unpaired) electrons. The van der Waals surface area contributed by atoms with Crippen LogP contribution in [0, 0.1) is 0 Å². The molecule has 0 saturated carbocycles. The standard InChI is InChI=1S/C20H14N2OS/c23-17-8-6-15(7-9-17)19-13-24-20(22-19)18-12-16(10-11-21-18)14-4-2-1-3-5-14/h1-13,23H. The van der Waals surface area contributed by atoms with Gasteiger partial charge in [-0.3, -0.25) is 4.98 Å². The van der Waals surface area contributed by atoms with Gasteiger partial charge in [0.2, 0.25) is 0 Å². The zero-order valence-corrected chi connectivity index (χ0v) is 13.6. The molecule has 0 amide bonds. The van der Waals surface area contributed by atoms with Crippen molar-refractivity contribution in [2.24, 2.45) is 0 Å². The molecule has 0 aliphatic rings. The van der Waals surface area contributed by atoms with Gasteiger partial charge in [-0.15, -0.1) is 11.3 Å². The lowest BCUT2D eigenvalue weighted by Crippen LogP contribution is -1.85. The fourth-order valence-corrected chi connectivity index (χ4v) is 3.31. The largest absolute Gasteiger partial charge is 0.508 e. The number of nitrogens with zero attached hydrogens (tertiary/aromatic N) is 2. The Balaban J connectivity index is 1.69. The molecule has 0 aliphatic heterocycles. The van der Waals surface area contributed by atoms with E-state index in [-0.39, 0.29) is 5.75 Å². The van der Waals surface area contributed by atoms with Crippen LogP contribution < -0.4 is 0 Å². The number of aromatic hydroxyl groups is 1. The van der Waals surface area contributed by atoms with E-state index in [9.17, 15) is 5.11 Å². The van der Waals surface area contributed by atoms with Crippen molar-refractivity contribution in [3.8, 4) is 38.8 Å². The number of hydrogen-bond acceptors (Lipinski definition) is 4. The minimum atomic E-state index is 0.256. The zero-order valence-electron chi connectivity index (χ0n) is 12.8. The van der Waals surface area contributed by atoms with Crippen LogP contribution in [0.4, 0.5) is 0 Å². The van der Waals surface area contributed by atoms with Crippen LogP contribution in [0.5, 0.6) is 5.75 Å². The van der Waals surface area contributed by atoms with Crippen molar-refractivity contribution in [1.82, 2.24) is 9.97 Å². The molecule has 0 aliphatic carbocycles. The van der Waals surface area contributed by atoms with E-state index in [1.165, 1.54) is 0 Å². The molecule has 24 heavy (non-hydrogen) atoms. The summed E-state index contributed by atoms with van der Waals surface area (Å²) in [6.45, 7) is 0. The maximum absolute atomic E-state index is 9.40. The molecule has 2 aromatic carbocycles. The Morgan fingerprint density at radius 3 is 2.33 bits per heavy atom. The van der Waals surface area contributed by atoms with E-state index >= 15 is 0 Å². The number of hydrogen-bond donors (Lipinski definition) is 1. The topological polar surface area (TPSA) is 46.0 Å². The number of aromatic nitrogens is 2. The molecular weight excluding hydrogens is 316 g/mol. The van der Waals surface area contributed by atoms with Crippen molar-refractivity contribution in [3.05, 3.63) is 78.3 Å². The van der Waals surface area contributed by atoms with Gasteiger partial charge in [0.1, 0.15) is 10.8 Å². The predicted molar refractivity (Wildman–Crippen MR) is 97.9 cm³/mol. The van der Waals surface area contributed by atoms with E-state index in [0.29, 0.717) is 0 Å². The van der Waals surface area contributed by atoms with Crippen molar-refractivity contribution in [3.63, 3.8) is 0 Å². The van der Waals surface area contributed by atoms with E-state index in [1.807, 2.05) is 48.0 Å². The fourth-order valence-electron chi connectivity index (χ4n) is 2.51. The Morgan fingerprint density at radius 2 is 1.54 bits per heavy atom. The van der Waals surface area contributed by atoms with Crippen molar-refractivity contribution < 1.29 is 5.11 Å². The summed E-state index contributed by atoms with van der Waals surface area (Å²) in [6.07, 6.45) is 1.82. The van der Waals surface area contributed by atoms with Crippen LogP contribution in [0.15, 0.2) is 78.3 Å². The molecule has 1 N–H and O–H groups in total. The molecule has 0 fully saturated rings. The van der Waals surface area contributed by atoms with Crippen molar-refractivity contribution >= 4 is 11.3 Å². The van der Waals surface area contributed by atoms with Crippen LogP contribution in [0.3, 0.4) is 0 Å². The molecule has 2 heterocycles. The summed E-state index contributed by atoms with van der Waals surface area (Å²) in [6, 6.07) is 21.4. The lowest BCUT2D eigenvalue weighted by atomic mass is 10.1. The Morgan fingerprint density at radius 1 is 0.750 bits per heavy atom. The van der Waals surface area contributed by atoms with Gasteiger partial charge in [0, 0.05) is 17.1 Å². The van der Waals surface area contributed by atoms with Gasteiger partial charge in [0.25, 0.3) is 0 Å². The smallest absolute Gasteiger partial charge is 0.142 e. The van der Waals surface area contributed by atoms with Crippen molar-refractivity contribution in [2.75, 3.05) is 0 Å². The van der Waals surface area contributed by atoms with Crippen LogP contribution in [-0.2, 0) is 0 Å². The first-order valence-corrected chi connectivity index (χ1v) is 8.44. The van der Waals surface area contributed by atoms with E-state index in [1.54, 1.807) is 23.5 Å². The van der Waals surface area contributed by atoms with Gasteiger partial charge >= 0.3 is 0 Å². The molecule has 0 bridgehead atoms. The minimum Gasteiger partial charge on any atom is -0.508 e. The highest BCUT2D eigenvalue weighted by Crippen LogP contribution is 2.30. The number of phenols is 1. The second-order valence-corrected chi connectivity index (χ2v) is 6.24. The van der Waals surface area contributed by atoms with E-state index in [4.69, 9.17) is 0 Å². The molecular formula is C20H14N2OS. The Labute approximate surface area is 143 Å². The molecule has 4 aromatic rings.